The molecule has 0 saturated carbocycles. The summed E-state index contributed by atoms with van der Waals surface area (Å²) in [5, 5.41) is 4.85. The molecule has 2 heterocycles. The molecule has 0 aliphatic heterocycles. The lowest BCUT2D eigenvalue weighted by atomic mass is 9.97. The monoisotopic (exact) mass is 394 g/mol. The van der Waals surface area contributed by atoms with Crippen molar-refractivity contribution in [2.24, 2.45) is 0 Å². The molecule has 3 aromatic carbocycles. The number of aromatic nitrogens is 2. The largest absolute Gasteiger partial charge is 0.460 e. The maximum absolute atomic E-state index is 12.4. The molecule has 0 atom stereocenters. The van der Waals surface area contributed by atoms with Gasteiger partial charge < -0.3 is 9.30 Å². The fourth-order valence-corrected chi connectivity index (χ4v) is 4.47. The SMILES string of the molecule is Cc1c2cnccc2c(C)c2c1c1ccccc1n2CCOC(=O)c1ccccc1. The Balaban J connectivity index is 1.61. The Hall–Kier alpha value is -3.66. The number of benzene rings is 3. The van der Waals surface area contributed by atoms with Crippen molar-refractivity contribution < 1.29 is 9.53 Å². The van der Waals surface area contributed by atoms with E-state index in [1.807, 2.05) is 30.6 Å². The molecule has 0 amide bonds. The third-order valence-corrected chi connectivity index (χ3v) is 5.89. The number of rotatable bonds is 4. The summed E-state index contributed by atoms with van der Waals surface area (Å²) in [6.07, 6.45) is 3.79. The maximum atomic E-state index is 12.4. The number of nitrogens with zero attached hydrogens (tertiary/aromatic N) is 2. The van der Waals surface area contributed by atoms with Crippen molar-refractivity contribution in [3.05, 3.63) is 89.7 Å². The average Bonchev–Trinajstić information content (AvgIpc) is 3.13. The molecule has 0 N–H and O–H groups in total. The lowest BCUT2D eigenvalue weighted by Gasteiger charge is -2.13. The van der Waals surface area contributed by atoms with Crippen LogP contribution in [-0.4, -0.2) is 22.1 Å². The zero-order chi connectivity index (χ0) is 20.7. The lowest BCUT2D eigenvalue weighted by molar-refractivity contribution is 0.0493. The van der Waals surface area contributed by atoms with Gasteiger partial charge in [0.05, 0.1) is 17.6 Å². The van der Waals surface area contributed by atoms with Gasteiger partial charge in [0.25, 0.3) is 0 Å². The van der Waals surface area contributed by atoms with Gasteiger partial charge in [0.1, 0.15) is 6.61 Å². The Kier molecular flexibility index (Phi) is 4.47. The zero-order valence-corrected chi connectivity index (χ0v) is 17.1. The Labute approximate surface area is 174 Å². The number of ether oxygens (including phenoxy) is 1. The molecule has 0 saturated heterocycles. The Morgan fingerprint density at radius 2 is 1.67 bits per heavy atom. The predicted molar refractivity (Wildman–Crippen MR) is 121 cm³/mol. The molecule has 0 bridgehead atoms. The fraction of sp³-hybridized carbons (Fsp3) is 0.154. The third kappa shape index (κ3) is 2.84. The van der Waals surface area contributed by atoms with E-state index in [9.17, 15) is 4.79 Å². The van der Waals surface area contributed by atoms with Crippen molar-refractivity contribution in [2.45, 2.75) is 20.4 Å². The van der Waals surface area contributed by atoms with Crippen LogP contribution in [0.5, 0.6) is 0 Å². The van der Waals surface area contributed by atoms with Gasteiger partial charge in [0.2, 0.25) is 0 Å². The molecule has 2 aromatic heterocycles. The molecule has 0 aliphatic carbocycles. The van der Waals surface area contributed by atoms with Crippen LogP contribution in [0.3, 0.4) is 0 Å². The van der Waals surface area contributed by atoms with Crippen molar-refractivity contribution >= 4 is 38.5 Å². The second-order valence-corrected chi connectivity index (χ2v) is 7.57. The van der Waals surface area contributed by atoms with Crippen LogP contribution in [0.4, 0.5) is 0 Å². The van der Waals surface area contributed by atoms with Gasteiger partial charge in [-0.05, 0) is 54.6 Å². The van der Waals surface area contributed by atoms with E-state index in [0.29, 0.717) is 18.7 Å². The van der Waals surface area contributed by atoms with Crippen molar-refractivity contribution in [1.82, 2.24) is 9.55 Å². The van der Waals surface area contributed by atoms with Gasteiger partial charge in [0.15, 0.2) is 0 Å². The van der Waals surface area contributed by atoms with E-state index in [1.165, 1.54) is 38.2 Å². The van der Waals surface area contributed by atoms with Gasteiger partial charge in [-0.1, -0.05) is 36.4 Å². The van der Waals surface area contributed by atoms with E-state index in [-0.39, 0.29) is 5.97 Å². The number of aryl methyl sites for hydroxylation is 2. The first-order chi connectivity index (χ1) is 14.7. The van der Waals surface area contributed by atoms with Crippen molar-refractivity contribution in [3.63, 3.8) is 0 Å². The molecular weight excluding hydrogens is 372 g/mol. The van der Waals surface area contributed by atoms with Gasteiger partial charge in [-0.2, -0.15) is 0 Å². The minimum Gasteiger partial charge on any atom is -0.460 e. The van der Waals surface area contributed by atoms with Crippen LogP contribution < -0.4 is 0 Å². The topological polar surface area (TPSA) is 44.1 Å². The van der Waals surface area contributed by atoms with E-state index >= 15 is 0 Å². The number of carbonyl (C=O) groups excluding carboxylic acids is 1. The summed E-state index contributed by atoms with van der Waals surface area (Å²) in [4.78, 5) is 16.7. The van der Waals surface area contributed by atoms with Gasteiger partial charge in [-0.25, -0.2) is 4.79 Å². The number of esters is 1. The van der Waals surface area contributed by atoms with Crippen molar-refractivity contribution in [1.29, 1.82) is 0 Å². The van der Waals surface area contributed by atoms with E-state index < -0.39 is 0 Å². The molecule has 0 radical (unpaired) electrons. The molecule has 0 fully saturated rings. The highest BCUT2D eigenvalue weighted by Crippen LogP contribution is 2.38. The molecule has 4 heteroatoms. The summed E-state index contributed by atoms with van der Waals surface area (Å²) in [5.74, 6) is -0.291. The molecule has 148 valence electrons. The first-order valence-corrected chi connectivity index (χ1v) is 10.1. The lowest BCUT2D eigenvalue weighted by Crippen LogP contribution is -2.11. The summed E-state index contributed by atoms with van der Waals surface area (Å²) in [6, 6.07) is 19.6. The minimum absolute atomic E-state index is 0.291. The molecule has 0 aliphatic rings. The van der Waals surface area contributed by atoms with E-state index in [2.05, 4.69) is 53.7 Å². The highest BCUT2D eigenvalue weighted by atomic mass is 16.5. The molecule has 4 nitrogen and oxygen atoms in total. The van der Waals surface area contributed by atoms with Crippen LogP contribution >= 0.6 is 0 Å². The van der Waals surface area contributed by atoms with Crippen molar-refractivity contribution in [3.8, 4) is 0 Å². The normalized spacial score (nSPS) is 11.4. The van der Waals surface area contributed by atoms with E-state index in [0.717, 1.165) is 5.52 Å². The van der Waals surface area contributed by atoms with Gasteiger partial charge in [-0.3, -0.25) is 4.98 Å². The number of carbonyl (C=O) groups is 1. The second-order valence-electron chi connectivity index (χ2n) is 7.57. The highest BCUT2D eigenvalue weighted by Gasteiger charge is 2.18. The van der Waals surface area contributed by atoms with Crippen LogP contribution in [-0.2, 0) is 11.3 Å². The Morgan fingerprint density at radius 3 is 2.50 bits per heavy atom. The van der Waals surface area contributed by atoms with E-state index in [1.54, 1.807) is 12.1 Å². The number of pyridine rings is 1. The van der Waals surface area contributed by atoms with E-state index in [4.69, 9.17) is 4.74 Å². The van der Waals surface area contributed by atoms with Gasteiger partial charge in [0, 0.05) is 34.1 Å². The first kappa shape index (κ1) is 18.4. The van der Waals surface area contributed by atoms with Crippen LogP contribution in [0.1, 0.15) is 21.5 Å². The first-order valence-electron chi connectivity index (χ1n) is 10.1. The molecule has 5 rings (SSSR count). The molecular formula is C26H22N2O2. The predicted octanol–water partition coefficient (Wildman–Crippen LogP) is 5.82. The molecule has 0 spiro atoms. The Bertz CT molecular complexity index is 1400. The minimum atomic E-state index is -0.291. The van der Waals surface area contributed by atoms with Crippen LogP contribution in [0.15, 0.2) is 73.1 Å². The Morgan fingerprint density at radius 1 is 0.900 bits per heavy atom. The molecule has 30 heavy (non-hydrogen) atoms. The summed E-state index contributed by atoms with van der Waals surface area (Å²) in [6.45, 7) is 5.24. The zero-order valence-electron chi connectivity index (χ0n) is 17.1. The average molecular weight is 394 g/mol. The summed E-state index contributed by atoms with van der Waals surface area (Å²) >= 11 is 0. The third-order valence-electron chi connectivity index (χ3n) is 5.89. The second kappa shape index (κ2) is 7.30. The van der Waals surface area contributed by atoms with Crippen LogP contribution in [0.2, 0.25) is 0 Å². The number of hydrogen-bond acceptors (Lipinski definition) is 3. The van der Waals surface area contributed by atoms with Crippen LogP contribution in [0.25, 0.3) is 32.6 Å². The fourth-order valence-electron chi connectivity index (χ4n) is 4.47. The van der Waals surface area contributed by atoms with Crippen molar-refractivity contribution in [2.75, 3.05) is 6.61 Å². The highest BCUT2D eigenvalue weighted by molar-refractivity contribution is 6.16. The molecule has 5 aromatic rings. The quantitative estimate of drug-likeness (QED) is 0.361. The molecule has 0 unspecified atom stereocenters. The summed E-state index contributed by atoms with van der Waals surface area (Å²) in [7, 11) is 0. The summed E-state index contributed by atoms with van der Waals surface area (Å²) in [5.41, 5.74) is 5.37. The van der Waals surface area contributed by atoms with Gasteiger partial charge >= 0.3 is 5.97 Å². The van der Waals surface area contributed by atoms with Gasteiger partial charge in [-0.15, -0.1) is 0 Å². The van der Waals surface area contributed by atoms with Crippen LogP contribution in [0, 0.1) is 13.8 Å². The standard InChI is InChI=1S/C26H22N2O2/c1-17-22-16-27-13-12-20(22)18(2)25-24(17)21-10-6-7-11-23(21)28(25)14-15-30-26(29)19-8-4-3-5-9-19/h3-13,16H,14-15H2,1-2H3. The maximum Gasteiger partial charge on any atom is 0.338 e. The smallest absolute Gasteiger partial charge is 0.338 e. The number of fused-ring (bicyclic) bond motifs is 4. The number of para-hydroxylation sites is 1. The summed E-state index contributed by atoms with van der Waals surface area (Å²) < 4.78 is 7.87. The number of hydrogen-bond donors (Lipinski definition) is 0.